The summed E-state index contributed by atoms with van der Waals surface area (Å²) in [6.45, 7) is 2.64. The van der Waals surface area contributed by atoms with Gasteiger partial charge in [-0.2, -0.15) is 0 Å². The fourth-order valence-corrected chi connectivity index (χ4v) is 1.43. The quantitative estimate of drug-likeness (QED) is 0.532. The van der Waals surface area contributed by atoms with Crippen LogP contribution in [0, 0.1) is 5.92 Å². The van der Waals surface area contributed by atoms with Gasteiger partial charge in [-0.05, 0) is 25.8 Å². The maximum atomic E-state index is 9.64. The van der Waals surface area contributed by atoms with Crippen molar-refractivity contribution in [3.8, 4) is 0 Å². The molecule has 1 saturated carbocycles. The van der Waals surface area contributed by atoms with Crippen molar-refractivity contribution in [3.63, 3.8) is 0 Å². The van der Waals surface area contributed by atoms with Crippen molar-refractivity contribution in [1.29, 1.82) is 0 Å². The minimum atomic E-state index is -0.169. The highest BCUT2D eigenvalue weighted by atomic mass is 16.5. The molecule has 4 nitrogen and oxygen atoms in total. The molecule has 4 heteroatoms. The molecule has 0 bridgehead atoms. The number of aliphatic hydroxyl groups excluding tert-OH is 2. The van der Waals surface area contributed by atoms with E-state index in [2.05, 4.69) is 4.90 Å². The van der Waals surface area contributed by atoms with Gasteiger partial charge >= 0.3 is 0 Å². The van der Waals surface area contributed by atoms with Gasteiger partial charge in [0.2, 0.25) is 0 Å². The number of ether oxygens (including phenoxy) is 1. The SMILES string of the molecule is CN(CCOCCO)CC(O)C1CC1. The van der Waals surface area contributed by atoms with Crippen molar-refractivity contribution >= 4 is 0 Å². The molecule has 0 radical (unpaired) electrons. The van der Waals surface area contributed by atoms with Crippen LogP contribution in [0.2, 0.25) is 0 Å². The van der Waals surface area contributed by atoms with Gasteiger partial charge in [0, 0.05) is 13.1 Å². The average Bonchev–Trinajstić information content (AvgIpc) is 2.95. The summed E-state index contributed by atoms with van der Waals surface area (Å²) in [7, 11) is 1.98. The van der Waals surface area contributed by atoms with Gasteiger partial charge in [0.25, 0.3) is 0 Å². The first-order chi connectivity index (χ1) is 6.74. The van der Waals surface area contributed by atoms with Crippen LogP contribution < -0.4 is 0 Å². The second-order valence-electron chi connectivity index (χ2n) is 4.00. The molecule has 0 amide bonds. The lowest BCUT2D eigenvalue weighted by Crippen LogP contribution is -2.33. The summed E-state index contributed by atoms with van der Waals surface area (Å²) in [4.78, 5) is 2.07. The van der Waals surface area contributed by atoms with Crippen LogP contribution in [0.5, 0.6) is 0 Å². The Morgan fingerprint density at radius 2 is 2.14 bits per heavy atom. The second-order valence-corrected chi connectivity index (χ2v) is 4.00. The average molecular weight is 203 g/mol. The van der Waals surface area contributed by atoms with E-state index in [0.717, 1.165) is 13.1 Å². The number of hydrogen-bond acceptors (Lipinski definition) is 4. The molecule has 1 rings (SSSR count). The molecule has 1 atom stereocenters. The van der Waals surface area contributed by atoms with E-state index in [-0.39, 0.29) is 12.7 Å². The van der Waals surface area contributed by atoms with Gasteiger partial charge in [-0.1, -0.05) is 0 Å². The summed E-state index contributed by atoms with van der Waals surface area (Å²) in [5.41, 5.74) is 0. The Balaban J connectivity index is 1.94. The summed E-state index contributed by atoms with van der Waals surface area (Å²) < 4.78 is 5.14. The first-order valence-corrected chi connectivity index (χ1v) is 5.29. The molecule has 1 fully saturated rings. The highest BCUT2D eigenvalue weighted by Crippen LogP contribution is 2.32. The number of hydrogen-bond donors (Lipinski definition) is 2. The maximum Gasteiger partial charge on any atom is 0.0698 e. The number of aliphatic hydroxyl groups is 2. The summed E-state index contributed by atoms with van der Waals surface area (Å²) >= 11 is 0. The Morgan fingerprint density at radius 1 is 1.43 bits per heavy atom. The highest BCUT2D eigenvalue weighted by Gasteiger charge is 2.29. The molecule has 1 unspecified atom stereocenters. The molecule has 14 heavy (non-hydrogen) atoms. The van der Waals surface area contributed by atoms with E-state index >= 15 is 0 Å². The van der Waals surface area contributed by atoms with E-state index in [1.807, 2.05) is 7.05 Å². The van der Waals surface area contributed by atoms with Crippen molar-refractivity contribution in [2.24, 2.45) is 5.92 Å². The summed E-state index contributed by atoms with van der Waals surface area (Å²) in [6.07, 6.45) is 2.18. The first kappa shape index (κ1) is 11.9. The lowest BCUT2D eigenvalue weighted by atomic mass is 10.2. The van der Waals surface area contributed by atoms with E-state index in [9.17, 15) is 5.11 Å². The zero-order valence-corrected chi connectivity index (χ0v) is 8.85. The number of likely N-dealkylation sites (N-methyl/N-ethyl adjacent to an activating group) is 1. The van der Waals surface area contributed by atoms with Gasteiger partial charge in [0.05, 0.1) is 25.9 Å². The normalized spacial score (nSPS) is 18.9. The Labute approximate surface area is 85.5 Å². The monoisotopic (exact) mass is 203 g/mol. The van der Waals surface area contributed by atoms with Crippen LogP contribution >= 0.6 is 0 Å². The van der Waals surface area contributed by atoms with E-state index in [1.165, 1.54) is 12.8 Å². The van der Waals surface area contributed by atoms with Crippen molar-refractivity contribution in [2.75, 3.05) is 40.0 Å². The van der Waals surface area contributed by atoms with Gasteiger partial charge < -0.3 is 19.8 Å². The number of rotatable bonds is 8. The summed E-state index contributed by atoms with van der Waals surface area (Å²) in [5, 5.41) is 18.1. The van der Waals surface area contributed by atoms with E-state index in [1.54, 1.807) is 0 Å². The molecule has 0 saturated heterocycles. The molecule has 1 aliphatic carbocycles. The molecule has 1 aliphatic rings. The topological polar surface area (TPSA) is 52.9 Å². The molecule has 2 N–H and O–H groups in total. The Kier molecular flexibility index (Phi) is 5.40. The minimum Gasteiger partial charge on any atom is -0.394 e. The van der Waals surface area contributed by atoms with Crippen LogP contribution in [-0.4, -0.2) is 61.2 Å². The molecular weight excluding hydrogens is 182 g/mol. The fraction of sp³-hybridized carbons (Fsp3) is 1.00. The smallest absolute Gasteiger partial charge is 0.0698 e. The predicted molar refractivity (Wildman–Crippen MR) is 54.1 cm³/mol. The van der Waals surface area contributed by atoms with Crippen LogP contribution in [0.4, 0.5) is 0 Å². The zero-order valence-electron chi connectivity index (χ0n) is 8.85. The van der Waals surface area contributed by atoms with Crippen LogP contribution in [0.1, 0.15) is 12.8 Å². The van der Waals surface area contributed by atoms with Crippen LogP contribution in [-0.2, 0) is 4.74 Å². The summed E-state index contributed by atoms with van der Waals surface area (Å²) in [5.74, 6) is 0.538. The van der Waals surface area contributed by atoms with Crippen molar-refractivity contribution in [2.45, 2.75) is 18.9 Å². The summed E-state index contributed by atoms with van der Waals surface area (Å²) in [6, 6.07) is 0. The minimum absolute atomic E-state index is 0.0778. The third kappa shape index (κ3) is 4.91. The Bertz CT molecular complexity index is 150. The third-order valence-electron chi connectivity index (χ3n) is 2.52. The first-order valence-electron chi connectivity index (χ1n) is 5.29. The van der Waals surface area contributed by atoms with E-state index in [0.29, 0.717) is 19.1 Å². The van der Waals surface area contributed by atoms with Gasteiger partial charge in [-0.3, -0.25) is 0 Å². The van der Waals surface area contributed by atoms with Crippen molar-refractivity contribution in [3.05, 3.63) is 0 Å². The molecule has 0 heterocycles. The third-order valence-corrected chi connectivity index (χ3v) is 2.52. The highest BCUT2D eigenvalue weighted by molar-refractivity contribution is 4.82. The standard InChI is InChI=1S/C10H21NO3/c1-11(4-6-14-7-5-12)8-10(13)9-2-3-9/h9-10,12-13H,2-8H2,1H3. The maximum absolute atomic E-state index is 9.64. The molecule has 0 spiro atoms. The van der Waals surface area contributed by atoms with E-state index < -0.39 is 0 Å². The van der Waals surface area contributed by atoms with Gasteiger partial charge in [0.15, 0.2) is 0 Å². The Hall–Kier alpha value is -0.160. The molecule has 0 aromatic rings. The number of nitrogens with zero attached hydrogens (tertiary/aromatic N) is 1. The predicted octanol–water partition coefficient (Wildman–Crippen LogP) is -0.302. The molecule has 0 aliphatic heterocycles. The molecular formula is C10H21NO3. The Morgan fingerprint density at radius 3 is 2.71 bits per heavy atom. The van der Waals surface area contributed by atoms with Gasteiger partial charge in [0.1, 0.15) is 0 Å². The second kappa shape index (κ2) is 6.35. The van der Waals surface area contributed by atoms with Gasteiger partial charge in [-0.25, -0.2) is 0 Å². The lowest BCUT2D eigenvalue weighted by Gasteiger charge is -2.20. The van der Waals surface area contributed by atoms with Crippen LogP contribution in [0.3, 0.4) is 0 Å². The molecule has 0 aromatic heterocycles. The van der Waals surface area contributed by atoms with Gasteiger partial charge in [-0.15, -0.1) is 0 Å². The van der Waals surface area contributed by atoms with Crippen LogP contribution in [0.25, 0.3) is 0 Å². The van der Waals surface area contributed by atoms with Crippen molar-refractivity contribution < 1.29 is 14.9 Å². The molecule has 84 valence electrons. The van der Waals surface area contributed by atoms with E-state index in [4.69, 9.17) is 9.84 Å². The lowest BCUT2D eigenvalue weighted by molar-refractivity contribution is 0.0600. The zero-order chi connectivity index (χ0) is 10.4. The van der Waals surface area contributed by atoms with Crippen molar-refractivity contribution in [1.82, 2.24) is 4.90 Å². The van der Waals surface area contributed by atoms with Crippen LogP contribution in [0.15, 0.2) is 0 Å². The molecule has 0 aromatic carbocycles. The fourth-order valence-electron chi connectivity index (χ4n) is 1.43. The largest absolute Gasteiger partial charge is 0.394 e.